The molecule has 1 heterocycles. The number of carbonyl (C=O) groups excluding carboxylic acids is 12. The van der Waals surface area contributed by atoms with Crippen LogP contribution in [0.1, 0.15) is 77.3 Å². The van der Waals surface area contributed by atoms with Crippen LogP contribution < -0.4 is 64.6 Å². The van der Waals surface area contributed by atoms with E-state index in [4.69, 9.17) is 11.5 Å². The van der Waals surface area contributed by atoms with E-state index in [1.165, 1.54) is 74.1 Å². The predicted molar refractivity (Wildman–Crippen MR) is 322 cm³/mol. The Kier molecular flexibility index (Phi) is 30.8. The Balaban J connectivity index is 2.23. The van der Waals surface area contributed by atoms with Crippen LogP contribution in [-0.4, -0.2) is 199 Å². The van der Waals surface area contributed by atoms with Gasteiger partial charge in [0.1, 0.15) is 65.9 Å². The molecule has 32 nitrogen and oxygen atoms in total. The lowest BCUT2D eigenvalue weighted by atomic mass is 9.97. The fraction of sp³-hybridized carbons (Fsp3) is 0.518. The number of thioether (sulfide) groups is 2. The minimum absolute atomic E-state index is 0.0505. The highest BCUT2D eigenvalue weighted by Gasteiger charge is 2.38. The normalized spacial score (nSPS) is 23.0. The smallest absolute Gasteiger partial charge is 0.317 e. The zero-order valence-electron chi connectivity index (χ0n) is 49.9. The zero-order valence-corrected chi connectivity index (χ0v) is 51.5. The molecule has 0 unspecified atom stereocenters. The number of amides is 12. The lowest BCUT2D eigenvalue weighted by Crippen LogP contribution is -2.61. The number of aliphatic carboxylic acids is 3. The van der Waals surface area contributed by atoms with Gasteiger partial charge < -0.3 is 90.2 Å². The molecular formula is C56H78N12O20S2. The third-order valence-electron chi connectivity index (χ3n) is 13.5. The SMILES string of the molecule is CSCC[C@H]1NC(=O)CNC(=O)[C@@H](C(C)C)NC(=O)[C@@H](CC(N)=O)NC(=O)[C@@H](CCC(=O)O)NC(=O)[C@@H](Cc2ccc(O)cc2)NC(=O)[C@@H](CC(C)C)NC(=O)[C@@H](CC(C(=O)O)C(=O)O)NC(=O)CSC[C@H](C(N)=O)NC(=O)[C@@H](Cc2ccc(O)cc2)NC1=O. The molecular weight excluding hydrogens is 1220 g/mol. The second-order valence-electron chi connectivity index (χ2n) is 21.7. The number of phenolic OH excluding ortho intramolecular Hbond substituents is 2. The summed E-state index contributed by atoms with van der Waals surface area (Å²) in [7, 11) is 0. The number of carboxylic acids is 3. The van der Waals surface area contributed by atoms with E-state index in [1.807, 2.05) is 0 Å². The van der Waals surface area contributed by atoms with Crippen LogP contribution in [-0.2, 0) is 84.8 Å². The number of aromatic hydroxyl groups is 2. The van der Waals surface area contributed by atoms with Gasteiger partial charge in [-0.3, -0.25) is 71.9 Å². The molecule has 1 aliphatic heterocycles. The highest BCUT2D eigenvalue weighted by molar-refractivity contribution is 8.00. The summed E-state index contributed by atoms with van der Waals surface area (Å²) in [5.74, 6) is -23.5. The Hall–Kier alpha value is -9.21. The van der Waals surface area contributed by atoms with Crippen molar-refractivity contribution in [2.45, 2.75) is 133 Å². The summed E-state index contributed by atoms with van der Waals surface area (Å²) in [6.45, 7) is 5.38. The molecule has 0 aromatic heterocycles. The molecule has 90 heavy (non-hydrogen) atoms. The van der Waals surface area contributed by atoms with E-state index in [0.29, 0.717) is 17.3 Å². The molecule has 494 valence electrons. The summed E-state index contributed by atoms with van der Waals surface area (Å²) in [5.41, 5.74) is 11.8. The highest BCUT2D eigenvalue weighted by atomic mass is 32.2. The summed E-state index contributed by atoms with van der Waals surface area (Å²) >= 11 is 1.93. The molecule has 0 bridgehead atoms. The van der Waals surface area contributed by atoms with Crippen LogP contribution in [0.2, 0.25) is 0 Å². The van der Waals surface area contributed by atoms with Crippen molar-refractivity contribution in [1.82, 2.24) is 53.2 Å². The average molecular weight is 1300 g/mol. The van der Waals surface area contributed by atoms with Crippen molar-refractivity contribution in [2.24, 2.45) is 29.2 Å². The monoisotopic (exact) mass is 1300 g/mol. The van der Waals surface area contributed by atoms with Gasteiger partial charge in [0.05, 0.1) is 18.7 Å². The number of carboxylic acid groups (broad SMARTS) is 3. The van der Waals surface area contributed by atoms with Gasteiger partial charge in [0.15, 0.2) is 5.92 Å². The largest absolute Gasteiger partial charge is 0.508 e. The Morgan fingerprint density at radius 3 is 1.44 bits per heavy atom. The zero-order chi connectivity index (χ0) is 67.5. The first-order valence-electron chi connectivity index (χ1n) is 28.1. The summed E-state index contributed by atoms with van der Waals surface area (Å²) in [5, 5.41) is 73.2. The summed E-state index contributed by atoms with van der Waals surface area (Å²) in [4.78, 5) is 202. The first kappa shape index (κ1) is 75.0. The lowest BCUT2D eigenvalue weighted by molar-refractivity contribution is -0.156. The van der Waals surface area contributed by atoms with Crippen LogP contribution in [0.4, 0.5) is 0 Å². The van der Waals surface area contributed by atoms with Crippen LogP contribution >= 0.6 is 23.5 Å². The van der Waals surface area contributed by atoms with E-state index in [9.17, 15) is 97.5 Å². The molecule has 1 fully saturated rings. The molecule has 0 saturated carbocycles. The molecule has 19 N–H and O–H groups in total. The Labute approximate surface area is 524 Å². The lowest BCUT2D eigenvalue weighted by Gasteiger charge is -2.28. The van der Waals surface area contributed by atoms with Crippen molar-refractivity contribution in [2.75, 3.05) is 30.1 Å². The van der Waals surface area contributed by atoms with Gasteiger partial charge in [-0.05, 0) is 78.5 Å². The third kappa shape index (κ3) is 26.2. The molecule has 12 amide bonds. The van der Waals surface area contributed by atoms with Gasteiger partial charge in [0.2, 0.25) is 70.9 Å². The van der Waals surface area contributed by atoms with E-state index in [1.54, 1.807) is 20.1 Å². The standard InChI is InChI=1S/C56H78N12O20S2/c1-26(2)18-35-49(79)65-36(19-28-6-10-30(69)11-7-28)50(80)62-33(14-15-44(74)75)47(77)66-39(22-41(57)71)53(83)68-45(27(3)4)54(84)59-23-42(72)60-34(16-17-89-5)48(78)64-37(20-29-8-12-31(70)13-9-29)51(81)67-40(46(58)76)24-90-25-43(73)61-38(52(82)63-35)21-32(55(85)86)56(87)88/h6-13,26-27,32-40,45,69-70H,14-25H2,1-5H3,(H2,57,71)(H2,58,76)(H,59,84)(H,60,72)(H,61,73)(H,62,80)(H,63,82)(H,64,78)(H,65,79)(H,66,77)(H,67,81)(H,68,83)(H,74,75)(H,85,86)(H,87,88)/t33-,34-,35-,36-,37-,38-,39-,40-,45-/m1/s1. The van der Waals surface area contributed by atoms with Gasteiger partial charge in [0, 0.05) is 31.4 Å². The van der Waals surface area contributed by atoms with Gasteiger partial charge in [0.25, 0.3) is 0 Å². The van der Waals surface area contributed by atoms with Gasteiger partial charge >= 0.3 is 17.9 Å². The van der Waals surface area contributed by atoms with Crippen LogP contribution in [0.25, 0.3) is 0 Å². The minimum Gasteiger partial charge on any atom is -0.508 e. The topological polar surface area (TPSA) is 530 Å². The molecule has 2 aromatic carbocycles. The van der Waals surface area contributed by atoms with Crippen molar-refractivity contribution in [3.63, 3.8) is 0 Å². The van der Waals surface area contributed by atoms with E-state index in [-0.39, 0.29) is 42.1 Å². The van der Waals surface area contributed by atoms with Crippen LogP contribution in [0.15, 0.2) is 48.5 Å². The number of hydrogen-bond acceptors (Lipinski definition) is 19. The Morgan fingerprint density at radius 2 is 0.978 bits per heavy atom. The third-order valence-corrected chi connectivity index (χ3v) is 15.2. The van der Waals surface area contributed by atoms with Gasteiger partial charge in [-0.1, -0.05) is 52.0 Å². The molecule has 1 saturated heterocycles. The van der Waals surface area contributed by atoms with Crippen LogP contribution in [0.3, 0.4) is 0 Å². The molecule has 2 aromatic rings. The van der Waals surface area contributed by atoms with E-state index in [2.05, 4.69) is 53.2 Å². The first-order chi connectivity index (χ1) is 42.3. The number of rotatable bonds is 20. The summed E-state index contributed by atoms with van der Waals surface area (Å²) in [6.07, 6.45) is -2.87. The van der Waals surface area contributed by atoms with Crippen molar-refractivity contribution >= 4 is 112 Å². The van der Waals surface area contributed by atoms with Crippen molar-refractivity contribution < 1.29 is 97.5 Å². The minimum atomic E-state index is -2.34. The molecule has 34 heteroatoms. The average Bonchev–Trinajstić information content (AvgIpc) is 3.25. The second-order valence-corrected chi connectivity index (χ2v) is 23.7. The molecule has 1 aliphatic rings. The molecule has 0 radical (unpaired) electrons. The molecule has 9 atom stereocenters. The van der Waals surface area contributed by atoms with Crippen molar-refractivity contribution in [3.8, 4) is 11.5 Å². The van der Waals surface area contributed by atoms with Gasteiger partial charge in [-0.15, -0.1) is 11.8 Å². The number of primary amides is 2. The molecule has 3 rings (SSSR count). The highest BCUT2D eigenvalue weighted by Crippen LogP contribution is 2.17. The number of phenols is 2. The molecule has 0 spiro atoms. The quantitative estimate of drug-likeness (QED) is 0.0561. The number of benzene rings is 2. The maximum Gasteiger partial charge on any atom is 0.317 e. The van der Waals surface area contributed by atoms with E-state index >= 15 is 0 Å². The predicted octanol–water partition coefficient (Wildman–Crippen LogP) is -4.03. The first-order valence-corrected chi connectivity index (χ1v) is 30.7. The number of hydrogen-bond donors (Lipinski definition) is 17. The van der Waals surface area contributed by atoms with Crippen LogP contribution in [0.5, 0.6) is 11.5 Å². The Morgan fingerprint density at radius 1 is 0.544 bits per heavy atom. The van der Waals surface area contributed by atoms with E-state index < -0.39 is 211 Å². The molecule has 0 aliphatic carbocycles. The second kappa shape index (κ2) is 36.9. The number of nitrogens with one attached hydrogen (secondary N) is 10. The fourth-order valence-electron chi connectivity index (χ4n) is 8.73. The fourth-order valence-corrected chi connectivity index (χ4v) is 10.1. The van der Waals surface area contributed by atoms with Crippen molar-refractivity contribution in [1.29, 1.82) is 0 Å². The van der Waals surface area contributed by atoms with Crippen molar-refractivity contribution in [3.05, 3.63) is 59.7 Å². The Bertz CT molecular complexity index is 2920. The number of nitrogens with two attached hydrogens (primary N) is 2. The summed E-state index contributed by atoms with van der Waals surface area (Å²) in [6, 6.07) is -4.71. The van der Waals surface area contributed by atoms with E-state index in [0.717, 1.165) is 0 Å². The number of carbonyl (C=O) groups is 15. The van der Waals surface area contributed by atoms with Gasteiger partial charge in [-0.25, -0.2) is 0 Å². The van der Waals surface area contributed by atoms with Gasteiger partial charge in [-0.2, -0.15) is 11.8 Å². The summed E-state index contributed by atoms with van der Waals surface area (Å²) < 4.78 is 0. The van der Waals surface area contributed by atoms with Crippen LogP contribution in [0, 0.1) is 17.8 Å². The maximum absolute atomic E-state index is 14.5. The maximum atomic E-state index is 14.5.